The summed E-state index contributed by atoms with van der Waals surface area (Å²) in [6.07, 6.45) is 14.7. The molecular formula is C27H44O2. The van der Waals surface area contributed by atoms with Gasteiger partial charge in [0.25, 0.3) is 0 Å². The molecule has 0 bridgehead atoms. The molecule has 2 N–H and O–H groups in total. The van der Waals surface area contributed by atoms with Gasteiger partial charge in [-0.15, -0.1) is 0 Å². The SMILES string of the molecule is CC(C)=CCC[C@@H](C)[C@H]1C[C@H](O)[C@H]2[C@@H]3CC=C4CC(O)CC[C@]4(C)[C@H]3CC[C@@]21C. The highest BCUT2D eigenvalue weighted by atomic mass is 16.3. The first-order valence-electron chi connectivity index (χ1n) is 12.4. The van der Waals surface area contributed by atoms with Gasteiger partial charge in [-0.2, -0.15) is 0 Å². The van der Waals surface area contributed by atoms with E-state index in [9.17, 15) is 10.2 Å². The first kappa shape index (κ1) is 21.6. The Bertz CT molecular complexity index is 674. The average Bonchev–Trinajstić information content (AvgIpc) is 2.93. The minimum atomic E-state index is -0.136. The maximum atomic E-state index is 11.3. The van der Waals surface area contributed by atoms with E-state index >= 15 is 0 Å². The lowest BCUT2D eigenvalue weighted by molar-refractivity contribution is -0.0814. The number of aliphatic hydroxyl groups excluding tert-OH is 2. The number of aliphatic hydroxyl groups is 2. The predicted octanol–water partition coefficient (Wildman–Crippen LogP) is 6.28. The van der Waals surface area contributed by atoms with Gasteiger partial charge in [0.2, 0.25) is 0 Å². The van der Waals surface area contributed by atoms with Gasteiger partial charge < -0.3 is 10.2 Å². The molecule has 164 valence electrons. The van der Waals surface area contributed by atoms with Crippen molar-refractivity contribution in [1.82, 2.24) is 0 Å². The van der Waals surface area contributed by atoms with Crippen molar-refractivity contribution in [1.29, 1.82) is 0 Å². The van der Waals surface area contributed by atoms with E-state index in [0.717, 1.165) is 32.1 Å². The molecule has 0 heterocycles. The van der Waals surface area contributed by atoms with Crippen molar-refractivity contribution in [3.8, 4) is 0 Å². The van der Waals surface area contributed by atoms with E-state index in [1.54, 1.807) is 0 Å². The molecule has 2 nitrogen and oxygen atoms in total. The second kappa shape index (κ2) is 7.83. The van der Waals surface area contributed by atoms with E-state index in [0.29, 0.717) is 35.0 Å². The van der Waals surface area contributed by atoms with Crippen LogP contribution in [0.5, 0.6) is 0 Å². The van der Waals surface area contributed by atoms with Gasteiger partial charge in [0.15, 0.2) is 0 Å². The zero-order valence-electron chi connectivity index (χ0n) is 19.5. The molecule has 0 aromatic rings. The Morgan fingerprint density at radius 1 is 1.21 bits per heavy atom. The minimum absolute atomic E-state index is 0.128. The maximum Gasteiger partial charge on any atom is 0.0579 e. The largest absolute Gasteiger partial charge is 0.393 e. The summed E-state index contributed by atoms with van der Waals surface area (Å²) in [5.74, 6) is 3.12. The summed E-state index contributed by atoms with van der Waals surface area (Å²) in [4.78, 5) is 0. The minimum Gasteiger partial charge on any atom is -0.393 e. The van der Waals surface area contributed by atoms with Crippen LogP contribution in [-0.2, 0) is 0 Å². The molecule has 3 fully saturated rings. The van der Waals surface area contributed by atoms with Crippen molar-refractivity contribution in [3.05, 3.63) is 23.3 Å². The molecule has 0 aliphatic heterocycles. The molecule has 3 saturated carbocycles. The van der Waals surface area contributed by atoms with Gasteiger partial charge in [-0.1, -0.05) is 44.1 Å². The first-order chi connectivity index (χ1) is 13.7. The third kappa shape index (κ3) is 3.57. The molecular weight excluding hydrogens is 356 g/mol. The zero-order valence-corrected chi connectivity index (χ0v) is 19.5. The summed E-state index contributed by atoms with van der Waals surface area (Å²) < 4.78 is 0. The van der Waals surface area contributed by atoms with Crippen LogP contribution in [0.1, 0.15) is 92.4 Å². The van der Waals surface area contributed by atoms with Crippen molar-refractivity contribution >= 4 is 0 Å². The molecule has 1 unspecified atom stereocenters. The second-order valence-electron chi connectivity index (χ2n) is 11.9. The van der Waals surface area contributed by atoms with Gasteiger partial charge in [0, 0.05) is 0 Å². The highest BCUT2D eigenvalue weighted by Gasteiger charge is 2.61. The van der Waals surface area contributed by atoms with Crippen molar-refractivity contribution in [2.75, 3.05) is 0 Å². The lowest BCUT2D eigenvalue weighted by Gasteiger charge is -2.58. The Morgan fingerprint density at radius 2 is 1.97 bits per heavy atom. The van der Waals surface area contributed by atoms with E-state index in [1.807, 2.05) is 0 Å². The van der Waals surface area contributed by atoms with Gasteiger partial charge in [-0.3, -0.25) is 0 Å². The van der Waals surface area contributed by atoms with Crippen LogP contribution in [0.3, 0.4) is 0 Å². The molecule has 29 heavy (non-hydrogen) atoms. The second-order valence-corrected chi connectivity index (χ2v) is 11.9. The van der Waals surface area contributed by atoms with Gasteiger partial charge in [-0.05, 0) is 112 Å². The third-order valence-electron chi connectivity index (χ3n) is 9.99. The summed E-state index contributed by atoms with van der Waals surface area (Å²) in [7, 11) is 0. The number of hydrogen-bond acceptors (Lipinski definition) is 2. The van der Waals surface area contributed by atoms with E-state index in [-0.39, 0.29) is 17.6 Å². The van der Waals surface area contributed by atoms with Crippen LogP contribution in [0.4, 0.5) is 0 Å². The summed E-state index contributed by atoms with van der Waals surface area (Å²) >= 11 is 0. The van der Waals surface area contributed by atoms with Crippen LogP contribution in [-0.4, -0.2) is 22.4 Å². The monoisotopic (exact) mass is 400 g/mol. The van der Waals surface area contributed by atoms with Crippen molar-refractivity contribution in [3.63, 3.8) is 0 Å². The fourth-order valence-corrected chi connectivity index (χ4v) is 8.47. The highest BCUT2D eigenvalue weighted by molar-refractivity contribution is 5.26. The molecule has 0 saturated heterocycles. The van der Waals surface area contributed by atoms with Crippen LogP contribution >= 0.6 is 0 Å². The summed E-state index contributed by atoms with van der Waals surface area (Å²) in [6.45, 7) is 11.8. The Labute approximate surface area is 178 Å². The van der Waals surface area contributed by atoms with Crippen molar-refractivity contribution in [2.45, 2.75) is 105 Å². The fourth-order valence-electron chi connectivity index (χ4n) is 8.47. The standard InChI is InChI=1S/C27H44O2/c1-17(2)7-6-8-18(3)23-16-24(29)25-21-10-9-19-15-20(28)11-13-26(19,4)22(21)12-14-27(23,25)5/h7,9,18,20-25,28-29H,6,8,10-16H2,1-5H3/t18-,20?,21-,22+,23-,24+,25-,26+,27-/m1/s1. The molecule has 4 aliphatic carbocycles. The highest BCUT2D eigenvalue weighted by Crippen LogP contribution is 2.67. The zero-order chi connectivity index (χ0) is 21.0. The Morgan fingerprint density at radius 3 is 2.69 bits per heavy atom. The van der Waals surface area contributed by atoms with Crippen LogP contribution < -0.4 is 0 Å². The molecule has 0 radical (unpaired) electrons. The molecule has 2 heteroatoms. The van der Waals surface area contributed by atoms with Gasteiger partial charge in [0.05, 0.1) is 12.2 Å². The maximum absolute atomic E-state index is 11.3. The molecule has 0 spiro atoms. The van der Waals surface area contributed by atoms with E-state index in [4.69, 9.17) is 0 Å². The molecule has 9 atom stereocenters. The quantitative estimate of drug-likeness (QED) is 0.545. The molecule has 0 aromatic carbocycles. The van der Waals surface area contributed by atoms with E-state index < -0.39 is 0 Å². The Balaban J connectivity index is 1.56. The van der Waals surface area contributed by atoms with E-state index in [2.05, 4.69) is 46.8 Å². The van der Waals surface area contributed by atoms with Crippen LogP contribution in [0.2, 0.25) is 0 Å². The van der Waals surface area contributed by atoms with Gasteiger partial charge in [0.1, 0.15) is 0 Å². The Kier molecular flexibility index (Phi) is 5.84. The smallest absolute Gasteiger partial charge is 0.0579 e. The van der Waals surface area contributed by atoms with Gasteiger partial charge >= 0.3 is 0 Å². The Hall–Kier alpha value is -0.600. The summed E-state index contributed by atoms with van der Waals surface area (Å²) in [5.41, 5.74) is 3.50. The van der Waals surface area contributed by atoms with Crippen LogP contribution in [0, 0.1) is 40.4 Å². The predicted molar refractivity (Wildman–Crippen MR) is 120 cm³/mol. The lowest BCUT2D eigenvalue weighted by Crippen LogP contribution is -2.52. The molecule has 0 amide bonds. The van der Waals surface area contributed by atoms with Crippen LogP contribution in [0.15, 0.2) is 23.3 Å². The molecule has 0 aromatic heterocycles. The van der Waals surface area contributed by atoms with Crippen LogP contribution in [0.25, 0.3) is 0 Å². The number of allylic oxidation sites excluding steroid dienone is 3. The van der Waals surface area contributed by atoms with Gasteiger partial charge in [-0.25, -0.2) is 0 Å². The normalized spacial score (nSPS) is 47.5. The number of rotatable bonds is 4. The first-order valence-corrected chi connectivity index (χ1v) is 12.4. The average molecular weight is 401 g/mol. The van der Waals surface area contributed by atoms with Crippen molar-refractivity contribution in [2.24, 2.45) is 40.4 Å². The summed E-state index contributed by atoms with van der Waals surface area (Å²) in [5, 5.41) is 21.5. The molecule has 4 aliphatic rings. The molecule has 4 rings (SSSR count). The lowest BCUT2D eigenvalue weighted by atomic mass is 9.46. The topological polar surface area (TPSA) is 40.5 Å². The summed E-state index contributed by atoms with van der Waals surface area (Å²) in [6, 6.07) is 0. The number of hydrogen-bond donors (Lipinski definition) is 2. The third-order valence-corrected chi connectivity index (χ3v) is 9.99. The number of fused-ring (bicyclic) bond motifs is 5. The van der Waals surface area contributed by atoms with E-state index in [1.165, 1.54) is 36.8 Å². The van der Waals surface area contributed by atoms with Crippen molar-refractivity contribution < 1.29 is 10.2 Å². The fraction of sp³-hybridized carbons (Fsp3) is 0.852.